The molecule has 0 aliphatic carbocycles. The Hall–Kier alpha value is -4.12. The number of methoxy groups -OCH3 is 2. The molecule has 0 bridgehead atoms. The number of carbonyl (C=O) groups excluding carboxylic acids is 1. The van der Waals surface area contributed by atoms with Crippen molar-refractivity contribution in [2.75, 3.05) is 19.5 Å². The molecule has 1 aromatic heterocycles. The van der Waals surface area contributed by atoms with Crippen LogP contribution < -0.4 is 14.8 Å². The van der Waals surface area contributed by atoms with Crippen LogP contribution in [0.15, 0.2) is 84.9 Å². The van der Waals surface area contributed by atoms with Gasteiger partial charge in [0.2, 0.25) is 0 Å². The van der Waals surface area contributed by atoms with E-state index in [-0.39, 0.29) is 5.91 Å². The number of anilines is 1. The van der Waals surface area contributed by atoms with Crippen molar-refractivity contribution in [3.05, 3.63) is 96.1 Å². The van der Waals surface area contributed by atoms with Gasteiger partial charge in [-0.05, 0) is 73.0 Å². The third-order valence-electron chi connectivity index (χ3n) is 6.16. The molecule has 1 heterocycles. The third-order valence-corrected chi connectivity index (χ3v) is 6.16. The monoisotopic (exact) mass is 480 g/mol. The predicted molar refractivity (Wildman–Crippen MR) is 146 cm³/mol. The van der Waals surface area contributed by atoms with E-state index in [1.54, 1.807) is 14.2 Å². The van der Waals surface area contributed by atoms with E-state index in [9.17, 15) is 4.79 Å². The van der Waals surface area contributed by atoms with Gasteiger partial charge in [-0.15, -0.1) is 0 Å². The summed E-state index contributed by atoms with van der Waals surface area (Å²) in [6, 6.07) is 27.1. The van der Waals surface area contributed by atoms with E-state index in [1.807, 2.05) is 84.9 Å². The summed E-state index contributed by atoms with van der Waals surface area (Å²) in [5, 5.41) is 2.98. The Bertz CT molecular complexity index is 1300. The number of amides is 1. The number of hydrogen-bond donors (Lipinski definition) is 1. The Morgan fingerprint density at radius 1 is 0.833 bits per heavy atom. The van der Waals surface area contributed by atoms with Crippen LogP contribution in [0.25, 0.3) is 22.5 Å². The fourth-order valence-electron chi connectivity index (χ4n) is 4.09. The van der Waals surface area contributed by atoms with Crippen LogP contribution in [0.1, 0.15) is 42.1 Å². The number of nitrogens with zero attached hydrogens (tertiary/aromatic N) is 1. The van der Waals surface area contributed by atoms with Crippen molar-refractivity contribution in [2.24, 2.45) is 0 Å². The molecule has 5 nitrogen and oxygen atoms in total. The van der Waals surface area contributed by atoms with Crippen molar-refractivity contribution in [2.45, 2.75) is 32.6 Å². The van der Waals surface area contributed by atoms with E-state index in [0.29, 0.717) is 5.56 Å². The van der Waals surface area contributed by atoms with Gasteiger partial charge in [-0.25, -0.2) is 4.98 Å². The highest BCUT2D eigenvalue weighted by atomic mass is 16.5. The van der Waals surface area contributed by atoms with Crippen LogP contribution in [-0.2, 0) is 6.42 Å². The van der Waals surface area contributed by atoms with Gasteiger partial charge in [-0.1, -0.05) is 50.1 Å². The van der Waals surface area contributed by atoms with Gasteiger partial charge < -0.3 is 14.8 Å². The summed E-state index contributed by atoms with van der Waals surface area (Å²) in [7, 11) is 3.28. The molecule has 0 fully saturated rings. The maximum Gasteiger partial charge on any atom is 0.255 e. The predicted octanol–water partition coefficient (Wildman–Crippen LogP) is 7.42. The molecule has 1 amide bonds. The van der Waals surface area contributed by atoms with Crippen molar-refractivity contribution in [3.8, 4) is 34.0 Å². The van der Waals surface area contributed by atoms with Gasteiger partial charge in [0.15, 0.2) is 0 Å². The summed E-state index contributed by atoms with van der Waals surface area (Å²) in [4.78, 5) is 17.6. The number of aryl methyl sites for hydroxylation is 1. The zero-order valence-corrected chi connectivity index (χ0v) is 21.1. The van der Waals surface area contributed by atoms with Crippen LogP contribution in [0.4, 0.5) is 5.69 Å². The molecule has 0 aliphatic rings. The number of ether oxygens (including phenoxy) is 2. The number of nitrogens with one attached hydrogen (secondary N) is 1. The fraction of sp³-hybridized carbons (Fsp3) is 0.226. The Labute approximate surface area is 213 Å². The molecule has 0 spiro atoms. The summed E-state index contributed by atoms with van der Waals surface area (Å²) in [6.45, 7) is 2.20. The molecule has 5 heteroatoms. The largest absolute Gasteiger partial charge is 0.497 e. The first kappa shape index (κ1) is 25.0. The number of benzene rings is 3. The second-order valence-electron chi connectivity index (χ2n) is 8.66. The van der Waals surface area contributed by atoms with Gasteiger partial charge in [0.1, 0.15) is 11.5 Å². The lowest BCUT2D eigenvalue weighted by atomic mass is 10.0. The summed E-state index contributed by atoms with van der Waals surface area (Å²) in [6.07, 6.45) is 4.67. The average Bonchev–Trinajstić information content (AvgIpc) is 2.93. The highest BCUT2D eigenvalue weighted by Crippen LogP contribution is 2.33. The average molecular weight is 481 g/mol. The summed E-state index contributed by atoms with van der Waals surface area (Å²) < 4.78 is 10.9. The van der Waals surface area contributed by atoms with E-state index >= 15 is 0 Å². The second-order valence-corrected chi connectivity index (χ2v) is 8.66. The number of rotatable bonds is 10. The van der Waals surface area contributed by atoms with Gasteiger partial charge >= 0.3 is 0 Å². The maximum atomic E-state index is 12.7. The van der Waals surface area contributed by atoms with Crippen molar-refractivity contribution in [1.82, 2.24) is 4.98 Å². The van der Waals surface area contributed by atoms with Crippen LogP contribution in [0.5, 0.6) is 11.5 Å². The summed E-state index contributed by atoms with van der Waals surface area (Å²) in [5.41, 5.74) is 6.09. The van der Waals surface area contributed by atoms with Crippen LogP contribution in [0.3, 0.4) is 0 Å². The van der Waals surface area contributed by atoms with E-state index in [2.05, 4.69) is 12.2 Å². The van der Waals surface area contributed by atoms with Crippen molar-refractivity contribution >= 4 is 11.6 Å². The van der Waals surface area contributed by atoms with Crippen molar-refractivity contribution in [1.29, 1.82) is 0 Å². The molecule has 4 aromatic rings. The Morgan fingerprint density at radius 3 is 2.28 bits per heavy atom. The first-order chi connectivity index (χ1) is 17.6. The topological polar surface area (TPSA) is 60.5 Å². The fourth-order valence-corrected chi connectivity index (χ4v) is 4.09. The van der Waals surface area contributed by atoms with Crippen molar-refractivity contribution in [3.63, 3.8) is 0 Å². The normalized spacial score (nSPS) is 10.6. The Balaban J connectivity index is 1.46. The molecule has 4 rings (SSSR count). The van der Waals surface area contributed by atoms with E-state index in [1.165, 1.54) is 24.8 Å². The van der Waals surface area contributed by atoms with E-state index < -0.39 is 0 Å². The molecular formula is C31H32N2O3. The first-order valence-corrected chi connectivity index (χ1v) is 12.3. The molecule has 36 heavy (non-hydrogen) atoms. The molecule has 0 atom stereocenters. The number of unbranched alkanes of at least 4 members (excludes halogenated alkanes) is 2. The van der Waals surface area contributed by atoms with Crippen molar-refractivity contribution < 1.29 is 14.3 Å². The zero-order valence-electron chi connectivity index (χ0n) is 21.1. The lowest BCUT2D eigenvalue weighted by Crippen LogP contribution is -2.11. The Kier molecular flexibility index (Phi) is 8.35. The van der Waals surface area contributed by atoms with Crippen LogP contribution in [0, 0.1) is 0 Å². The molecule has 0 saturated heterocycles. The van der Waals surface area contributed by atoms with Gasteiger partial charge in [-0.2, -0.15) is 0 Å². The van der Waals surface area contributed by atoms with Crippen LogP contribution >= 0.6 is 0 Å². The molecule has 0 unspecified atom stereocenters. The number of carbonyl (C=O) groups is 1. The standard InChI is InChI=1S/C31H32N2O3/c1-4-5-6-8-22-11-13-24(14-12-22)31(34)32-25-17-15-23(16-18-25)28-9-7-10-29(33-28)27-21-26(35-2)19-20-30(27)36-3/h7,9-21H,4-6,8H2,1-3H3,(H,32,34). The first-order valence-electron chi connectivity index (χ1n) is 12.3. The molecule has 1 N–H and O–H groups in total. The van der Waals surface area contributed by atoms with E-state index in [4.69, 9.17) is 14.5 Å². The molecule has 0 saturated carbocycles. The number of hydrogen-bond acceptors (Lipinski definition) is 4. The number of aromatic nitrogens is 1. The van der Waals surface area contributed by atoms with Gasteiger partial charge in [0.25, 0.3) is 5.91 Å². The van der Waals surface area contributed by atoms with Crippen LogP contribution in [-0.4, -0.2) is 25.1 Å². The third kappa shape index (κ3) is 6.11. The molecule has 184 valence electrons. The minimum absolute atomic E-state index is 0.117. The van der Waals surface area contributed by atoms with E-state index in [0.717, 1.165) is 46.1 Å². The van der Waals surface area contributed by atoms with Gasteiger partial charge in [-0.3, -0.25) is 4.79 Å². The van der Waals surface area contributed by atoms with Crippen LogP contribution in [0.2, 0.25) is 0 Å². The smallest absolute Gasteiger partial charge is 0.255 e. The zero-order chi connectivity index (χ0) is 25.3. The highest BCUT2D eigenvalue weighted by molar-refractivity contribution is 6.04. The minimum Gasteiger partial charge on any atom is -0.497 e. The lowest BCUT2D eigenvalue weighted by Gasteiger charge is -2.11. The molecule has 0 radical (unpaired) electrons. The number of pyridine rings is 1. The molecular weight excluding hydrogens is 448 g/mol. The maximum absolute atomic E-state index is 12.7. The molecule has 0 aliphatic heterocycles. The van der Waals surface area contributed by atoms with Gasteiger partial charge in [0, 0.05) is 22.4 Å². The summed E-state index contributed by atoms with van der Waals surface area (Å²) >= 11 is 0. The SMILES string of the molecule is CCCCCc1ccc(C(=O)Nc2ccc(-c3cccc(-c4cc(OC)ccc4OC)n3)cc2)cc1. The second kappa shape index (κ2) is 12.0. The highest BCUT2D eigenvalue weighted by Gasteiger charge is 2.11. The Morgan fingerprint density at radius 2 is 1.58 bits per heavy atom. The quantitative estimate of drug-likeness (QED) is 0.240. The lowest BCUT2D eigenvalue weighted by molar-refractivity contribution is 0.102. The van der Waals surface area contributed by atoms with Gasteiger partial charge in [0.05, 0.1) is 25.6 Å². The minimum atomic E-state index is -0.117. The molecule has 3 aromatic carbocycles. The summed E-state index contributed by atoms with van der Waals surface area (Å²) in [5.74, 6) is 1.35.